The van der Waals surface area contributed by atoms with Gasteiger partial charge in [-0.3, -0.25) is 4.79 Å². The molecule has 0 heterocycles. The van der Waals surface area contributed by atoms with E-state index in [4.69, 9.17) is 16.3 Å². The lowest BCUT2D eigenvalue weighted by Crippen LogP contribution is -2.45. The Hall–Kier alpha value is -2.24. The summed E-state index contributed by atoms with van der Waals surface area (Å²) in [7, 11) is 0. The minimum atomic E-state index is -0.895. The number of nitrogens with one attached hydrogen (secondary N) is 1. The molecule has 1 aliphatic carbocycles. The summed E-state index contributed by atoms with van der Waals surface area (Å²) >= 11 is 6.10. The number of ether oxygens (including phenoxy) is 1. The second-order valence-corrected chi connectivity index (χ2v) is 7.55. The van der Waals surface area contributed by atoms with Gasteiger partial charge >= 0.3 is 0 Å². The van der Waals surface area contributed by atoms with E-state index < -0.39 is 5.60 Å². The molecule has 6 heteroatoms. The number of phenolic OH excluding ortho intramolecular Hbond substituents is 1. The zero-order valence-corrected chi connectivity index (χ0v) is 15.8. The molecule has 0 atom stereocenters. The van der Waals surface area contributed by atoms with E-state index in [0.29, 0.717) is 41.7 Å². The van der Waals surface area contributed by atoms with Gasteiger partial charge in [0.25, 0.3) is 5.91 Å². The molecule has 3 N–H and O–H groups in total. The molecule has 1 fully saturated rings. The van der Waals surface area contributed by atoms with E-state index in [0.717, 1.165) is 12.8 Å². The minimum absolute atomic E-state index is 0.113. The fourth-order valence-electron chi connectivity index (χ4n) is 3.29. The first-order chi connectivity index (χ1) is 13.0. The predicted molar refractivity (Wildman–Crippen MR) is 104 cm³/mol. The van der Waals surface area contributed by atoms with Crippen LogP contribution in [0, 0.1) is 5.92 Å². The highest BCUT2D eigenvalue weighted by Crippen LogP contribution is 2.33. The molecule has 2 aromatic carbocycles. The number of carbonyl (C=O) groups is 1. The van der Waals surface area contributed by atoms with Crippen LogP contribution >= 0.6 is 11.6 Å². The van der Waals surface area contributed by atoms with Crippen LogP contribution < -0.4 is 10.1 Å². The van der Waals surface area contributed by atoms with Crippen LogP contribution in [-0.2, 0) is 0 Å². The Morgan fingerprint density at radius 3 is 2.48 bits per heavy atom. The largest absolute Gasteiger partial charge is 0.508 e. The summed E-state index contributed by atoms with van der Waals surface area (Å²) in [5.41, 5.74) is -0.439. The Kier molecular flexibility index (Phi) is 6.24. The van der Waals surface area contributed by atoms with E-state index in [9.17, 15) is 15.0 Å². The van der Waals surface area contributed by atoms with Crippen LogP contribution in [0.1, 0.15) is 36.0 Å². The second kappa shape index (κ2) is 8.63. The van der Waals surface area contributed by atoms with Gasteiger partial charge in [0.15, 0.2) is 0 Å². The quantitative estimate of drug-likeness (QED) is 0.702. The van der Waals surface area contributed by atoms with Gasteiger partial charge in [0, 0.05) is 12.1 Å². The first-order valence-corrected chi connectivity index (χ1v) is 9.50. The van der Waals surface area contributed by atoms with Crippen LogP contribution in [0.3, 0.4) is 0 Å². The van der Waals surface area contributed by atoms with E-state index in [1.165, 1.54) is 12.1 Å². The number of amides is 1. The maximum Gasteiger partial charge on any atom is 0.251 e. The van der Waals surface area contributed by atoms with Crippen molar-refractivity contribution in [2.45, 2.75) is 31.3 Å². The summed E-state index contributed by atoms with van der Waals surface area (Å²) in [4.78, 5) is 12.2. The molecule has 144 valence electrons. The SMILES string of the molecule is O=C(NCC1(O)CCC(COc2ccccc2Cl)CC1)c1ccc(O)cc1. The molecule has 0 radical (unpaired) electrons. The highest BCUT2D eigenvalue weighted by atomic mass is 35.5. The number of para-hydroxylation sites is 1. The minimum Gasteiger partial charge on any atom is -0.508 e. The standard InChI is InChI=1S/C21H24ClNO4/c22-18-3-1-2-4-19(18)27-13-15-9-11-21(26,12-10-15)14-23-20(25)16-5-7-17(24)8-6-16/h1-8,15,24,26H,9-14H2,(H,23,25). The lowest BCUT2D eigenvalue weighted by Gasteiger charge is -2.36. The molecule has 0 spiro atoms. The summed E-state index contributed by atoms with van der Waals surface area (Å²) in [6.45, 7) is 0.782. The number of carbonyl (C=O) groups excluding carboxylic acids is 1. The van der Waals surface area contributed by atoms with Crippen LogP contribution in [0.5, 0.6) is 11.5 Å². The van der Waals surface area contributed by atoms with Crippen molar-refractivity contribution in [3.05, 3.63) is 59.1 Å². The number of hydrogen-bond donors (Lipinski definition) is 3. The zero-order chi connectivity index (χ0) is 19.3. The first kappa shape index (κ1) is 19.5. The van der Waals surface area contributed by atoms with Crippen LogP contribution in [0.25, 0.3) is 0 Å². The molecular formula is C21H24ClNO4. The summed E-state index contributed by atoms with van der Waals surface area (Å²) in [5, 5.41) is 23.4. The van der Waals surface area contributed by atoms with Gasteiger partial charge in [-0.2, -0.15) is 0 Å². The highest BCUT2D eigenvalue weighted by Gasteiger charge is 2.33. The first-order valence-electron chi connectivity index (χ1n) is 9.12. The average Bonchev–Trinajstić information content (AvgIpc) is 2.67. The third kappa shape index (κ3) is 5.37. The van der Waals surface area contributed by atoms with Gasteiger partial charge in [-0.05, 0) is 68.0 Å². The normalized spacial score (nSPS) is 22.2. The number of hydrogen-bond acceptors (Lipinski definition) is 4. The number of aromatic hydroxyl groups is 1. The Morgan fingerprint density at radius 2 is 1.81 bits per heavy atom. The predicted octanol–water partition coefficient (Wildman–Crippen LogP) is 3.78. The van der Waals surface area contributed by atoms with Crippen LogP contribution in [-0.4, -0.2) is 34.9 Å². The summed E-state index contributed by atoms with van der Waals surface area (Å²) < 4.78 is 5.81. The van der Waals surface area contributed by atoms with Crippen molar-refractivity contribution in [1.29, 1.82) is 0 Å². The fourth-order valence-corrected chi connectivity index (χ4v) is 3.48. The zero-order valence-electron chi connectivity index (χ0n) is 15.0. The van der Waals surface area contributed by atoms with Gasteiger partial charge in [0.1, 0.15) is 11.5 Å². The third-order valence-corrected chi connectivity index (χ3v) is 5.37. The number of halogens is 1. The fraction of sp³-hybridized carbons (Fsp3) is 0.381. The number of benzene rings is 2. The van der Waals surface area contributed by atoms with Crippen LogP contribution in [0.15, 0.2) is 48.5 Å². The summed E-state index contributed by atoms with van der Waals surface area (Å²) in [5.74, 6) is 0.894. The van der Waals surface area contributed by atoms with Gasteiger partial charge < -0.3 is 20.3 Å². The van der Waals surface area contributed by atoms with Crippen molar-refractivity contribution in [1.82, 2.24) is 5.32 Å². The lowest BCUT2D eigenvalue weighted by atomic mass is 9.79. The number of phenols is 1. The van der Waals surface area contributed by atoms with Gasteiger partial charge in [-0.15, -0.1) is 0 Å². The van der Waals surface area contributed by atoms with Gasteiger partial charge in [0.05, 0.1) is 17.2 Å². The average molecular weight is 390 g/mol. The maximum atomic E-state index is 12.2. The molecule has 0 bridgehead atoms. The van der Waals surface area contributed by atoms with Crippen LogP contribution in [0.4, 0.5) is 0 Å². The van der Waals surface area contributed by atoms with Crippen molar-refractivity contribution >= 4 is 17.5 Å². The van der Waals surface area contributed by atoms with Crippen molar-refractivity contribution < 1.29 is 19.7 Å². The van der Waals surface area contributed by atoms with Crippen molar-refractivity contribution in [2.24, 2.45) is 5.92 Å². The molecule has 5 nitrogen and oxygen atoms in total. The maximum absolute atomic E-state index is 12.2. The molecule has 0 aliphatic heterocycles. The number of aliphatic hydroxyl groups is 1. The third-order valence-electron chi connectivity index (χ3n) is 5.05. The Balaban J connectivity index is 1.44. The van der Waals surface area contributed by atoms with E-state index in [1.54, 1.807) is 18.2 Å². The molecule has 2 aromatic rings. The summed E-state index contributed by atoms with van der Waals surface area (Å²) in [6, 6.07) is 13.4. The van der Waals surface area contributed by atoms with E-state index >= 15 is 0 Å². The Bertz CT molecular complexity index is 770. The summed E-state index contributed by atoms with van der Waals surface area (Å²) in [6.07, 6.45) is 2.88. The lowest BCUT2D eigenvalue weighted by molar-refractivity contribution is -0.0129. The van der Waals surface area contributed by atoms with Crippen molar-refractivity contribution in [2.75, 3.05) is 13.2 Å². The monoisotopic (exact) mass is 389 g/mol. The molecule has 3 rings (SSSR count). The smallest absolute Gasteiger partial charge is 0.251 e. The molecule has 1 aliphatic rings. The van der Waals surface area contributed by atoms with E-state index in [-0.39, 0.29) is 18.2 Å². The number of rotatable bonds is 6. The van der Waals surface area contributed by atoms with Crippen molar-refractivity contribution in [3.63, 3.8) is 0 Å². The van der Waals surface area contributed by atoms with E-state index in [2.05, 4.69) is 5.32 Å². The van der Waals surface area contributed by atoms with Gasteiger partial charge in [0.2, 0.25) is 0 Å². The topological polar surface area (TPSA) is 78.8 Å². The molecule has 0 saturated heterocycles. The molecular weight excluding hydrogens is 366 g/mol. The molecule has 1 saturated carbocycles. The van der Waals surface area contributed by atoms with Gasteiger partial charge in [-0.25, -0.2) is 0 Å². The van der Waals surface area contributed by atoms with E-state index in [1.807, 2.05) is 18.2 Å². The molecule has 0 unspecified atom stereocenters. The Labute approximate surface area is 163 Å². The molecule has 0 aromatic heterocycles. The Morgan fingerprint density at radius 1 is 1.15 bits per heavy atom. The van der Waals surface area contributed by atoms with Crippen LogP contribution in [0.2, 0.25) is 5.02 Å². The molecule has 1 amide bonds. The highest BCUT2D eigenvalue weighted by molar-refractivity contribution is 6.32. The van der Waals surface area contributed by atoms with Gasteiger partial charge in [-0.1, -0.05) is 23.7 Å². The van der Waals surface area contributed by atoms with Crippen molar-refractivity contribution in [3.8, 4) is 11.5 Å². The second-order valence-electron chi connectivity index (χ2n) is 7.14. The molecule has 27 heavy (non-hydrogen) atoms.